The summed E-state index contributed by atoms with van der Waals surface area (Å²) in [7, 11) is 0. The normalized spacial score (nSPS) is 12.2. The third kappa shape index (κ3) is 11.8. The monoisotopic (exact) mass is 954 g/mol. The third-order valence-electron chi connectivity index (χ3n) is 8.68. The van der Waals surface area contributed by atoms with Crippen molar-refractivity contribution in [3.05, 3.63) is 137 Å². The summed E-state index contributed by atoms with van der Waals surface area (Å²) in [4.78, 5) is 78.0. The average molecular weight is 957 g/mol. The van der Waals surface area contributed by atoms with Crippen molar-refractivity contribution >= 4 is 139 Å². The van der Waals surface area contributed by atoms with Gasteiger partial charge in [0.2, 0.25) is 12.1 Å². The molecule has 0 aliphatic rings. The average Bonchev–Trinajstić information content (AvgIpc) is 3.20. The van der Waals surface area contributed by atoms with Crippen molar-refractivity contribution < 1.29 is 28.8 Å². The highest BCUT2D eigenvalue weighted by molar-refractivity contribution is 6.45. The zero-order valence-electron chi connectivity index (χ0n) is 32.7. The number of ketones is 2. The molecule has 14 nitrogen and oxygen atoms in total. The number of rotatable bonds is 14. The molecule has 5 aromatic carbocycles. The summed E-state index contributed by atoms with van der Waals surface area (Å²) in [6.45, 7) is 5.63. The molecule has 0 bridgehead atoms. The van der Waals surface area contributed by atoms with Crippen LogP contribution < -0.4 is 21.3 Å². The van der Waals surface area contributed by atoms with E-state index < -0.39 is 47.3 Å². The minimum absolute atomic E-state index is 0.0117. The Balaban J connectivity index is 1.26. The van der Waals surface area contributed by atoms with E-state index in [-0.39, 0.29) is 69.7 Å². The molecule has 0 aliphatic carbocycles. The lowest BCUT2D eigenvalue weighted by Gasteiger charge is -2.17. The summed E-state index contributed by atoms with van der Waals surface area (Å²) in [5.41, 5.74) is 2.30. The summed E-state index contributed by atoms with van der Waals surface area (Å²) in [5, 5.41) is 27.5. The lowest BCUT2D eigenvalue weighted by molar-refractivity contribution is -0.127. The van der Waals surface area contributed by atoms with Gasteiger partial charge in [0, 0.05) is 11.4 Å². The Bertz CT molecular complexity index is 2690. The number of aryl methyl sites for hydroxylation is 2. The number of halogens is 6. The van der Waals surface area contributed by atoms with Gasteiger partial charge in [0.05, 0.1) is 64.0 Å². The van der Waals surface area contributed by atoms with Crippen molar-refractivity contribution in [1.29, 1.82) is 0 Å². The van der Waals surface area contributed by atoms with Crippen LogP contribution in [0.25, 0.3) is 0 Å². The molecule has 5 aromatic rings. The lowest BCUT2D eigenvalue weighted by atomic mass is 10.1. The maximum Gasteiger partial charge on any atom is 0.258 e. The molecule has 2 unspecified atom stereocenters. The van der Waals surface area contributed by atoms with E-state index in [1.54, 1.807) is 50.2 Å². The first-order valence-electron chi connectivity index (χ1n) is 18.0. The molecular weight excluding hydrogens is 925 g/mol. The molecule has 62 heavy (non-hydrogen) atoms. The Morgan fingerprint density at radius 2 is 0.903 bits per heavy atom. The highest BCUT2D eigenvalue weighted by Gasteiger charge is 2.27. The molecule has 0 aliphatic heterocycles. The van der Waals surface area contributed by atoms with Gasteiger partial charge in [0.25, 0.3) is 23.6 Å². The number of nitrogens with zero attached hydrogens (tertiary/aromatic N) is 4. The highest BCUT2D eigenvalue weighted by Crippen LogP contribution is 2.33. The number of anilines is 4. The maximum absolute atomic E-state index is 13.4. The predicted molar refractivity (Wildman–Crippen MR) is 243 cm³/mol. The van der Waals surface area contributed by atoms with Crippen LogP contribution in [0, 0.1) is 13.8 Å². The number of Topliss-reactive ketones (excluding diaryl/α,β-unsaturated/α-hetero) is 2. The molecule has 5 rings (SSSR count). The van der Waals surface area contributed by atoms with Gasteiger partial charge < -0.3 is 21.3 Å². The van der Waals surface area contributed by atoms with Gasteiger partial charge in [0.15, 0.2) is 11.6 Å². The van der Waals surface area contributed by atoms with E-state index in [0.717, 1.165) is 6.92 Å². The molecule has 0 heterocycles. The first-order chi connectivity index (χ1) is 29.3. The fraction of sp³-hybridized carbons (Fsp3) is 0.143. The lowest BCUT2D eigenvalue weighted by Crippen LogP contribution is -2.33. The van der Waals surface area contributed by atoms with Crippen LogP contribution in [0.2, 0.25) is 30.1 Å². The summed E-state index contributed by atoms with van der Waals surface area (Å²) in [6.07, 6.45) is 0. The fourth-order valence-electron chi connectivity index (χ4n) is 5.60. The zero-order valence-corrected chi connectivity index (χ0v) is 37.3. The second-order valence-electron chi connectivity index (χ2n) is 13.4. The highest BCUT2D eigenvalue weighted by atomic mass is 35.5. The van der Waals surface area contributed by atoms with Gasteiger partial charge in [-0.05, 0) is 112 Å². The van der Waals surface area contributed by atoms with Crippen molar-refractivity contribution in [1.82, 2.24) is 0 Å². The number of carbonyl (C=O) groups is 6. The quantitative estimate of drug-likeness (QED) is 0.0630. The van der Waals surface area contributed by atoms with Gasteiger partial charge in [-0.1, -0.05) is 81.7 Å². The van der Waals surface area contributed by atoms with Crippen LogP contribution >= 0.6 is 69.6 Å². The summed E-state index contributed by atoms with van der Waals surface area (Å²) >= 11 is 37.1. The molecule has 0 spiro atoms. The molecular formula is C42H32Cl6N8O6. The van der Waals surface area contributed by atoms with E-state index >= 15 is 0 Å². The Kier molecular flexibility index (Phi) is 15.9. The number of benzene rings is 5. The van der Waals surface area contributed by atoms with Gasteiger partial charge >= 0.3 is 0 Å². The van der Waals surface area contributed by atoms with E-state index in [2.05, 4.69) is 41.7 Å². The molecule has 4 amide bonds. The molecule has 4 N–H and O–H groups in total. The van der Waals surface area contributed by atoms with Crippen molar-refractivity contribution in [3.8, 4) is 0 Å². The Hall–Kier alpha value is -5.74. The van der Waals surface area contributed by atoms with Crippen LogP contribution in [0.15, 0.2) is 105 Å². The molecule has 0 saturated heterocycles. The Morgan fingerprint density at radius 3 is 1.31 bits per heavy atom. The fourth-order valence-corrected chi connectivity index (χ4v) is 6.70. The van der Waals surface area contributed by atoms with E-state index in [4.69, 9.17) is 69.6 Å². The molecule has 20 heteroatoms. The van der Waals surface area contributed by atoms with E-state index in [0.29, 0.717) is 16.8 Å². The minimum Gasteiger partial charge on any atom is -0.324 e. The summed E-state index contributed by atoms with van der Waals surface area (Å²) in [6, 6.07) is 17.7. The van der Waals surface area contributed by atoms with E-state index in [1.165, 1.54) is 55.5 Å². The second kappa shape index (κ2) is 20.9. The Morgan fingerprint density at radius 1 is 0.500 bits per heavy atom. The molecule has 318 valence electrons. The van der Waals surface area contributed by atoms with Gasteiger partial charge in [0.1, 0.15) is 0 Å². The number of azo groups is 2. The van der Waals surface area contributed by atoms with Crippen molar-refractivity contribution in [3.63, 3.8) is 0 Å². The van der Waals surface area contributed by atoms with Crippen molar-refractivity contribution in [2.45, 2.75) is 39.8 Å². The van der Waals surface area contributed by atoms with Gasteiger partial charge in [-0.15, -0.1) is 0 Å². The van der Waals surface area contributed by atoms with Crippen LogP contribution in [-0.4, -0.2) is 47.3 Å². The van der Waals surface area contributed by atoms with E-state index in [9.17, 15) is 28.8 Å². The number of amides is 4. The summed E-state index contributed by atoms with van der Waals surface area (Å²) < 4.78 is 0. The number of carbonyl (C=O) groups excluding carboxylic acids is 6. The predicted octanol–water partition coefficient (Wildman–Crippen LogP) is 12.1. The van der Waals surface area contributed by atoms with Gasteiger partial charge in [-0.3, -0.25) is 28.8 Å². The summed E-state index contributed by atoms with van der Waals surface area (Å²) in [5.74, 6) is -4.12. The first-order valence-corrected chi connectivity index (χ1v) is 20.3. The second-order valence-corrected chi connectivity index (χ2v) is 15.7. The first kappa shape index (κ1) is 47.3. The van der Waals surface area contributed by atoms with Crippen LogP contribution in [-0.2, 0) is 19.2 Å². The molecule has 0 aromatic heterocycles. The Labute approximate surface area is 384 Å². The number of nitrogens with one attached hydrogen (secondary N) is 4. The van der Waals surface area contributed by atoms with Crippen LogP contribution in [0.4, 0.5) is 34.1 Å². The van der Waals surface area contributed by atoms with E-state index in [1.807, 2.05) is 0 Å². The molecule has 2 atom stereocenters. The molecule has 0 fully saturated rings. The molecule has 0 saturated carbocycles. The largest absolute Gasteiger partial charge is 0.324 e. The zero-order chi connectivity index (χ0) is 45.4. The van der Waals surface area contributed by atoms with Crippen LogP contribution in [0.1, 0.15) is 45.7 Å². The van der Waals surface area contributed by atoms with Crippen LogP contribution in [0.3, 0.4) is 0 Å². The maximum atomic E-state index is 13.4. The standard InChI is InChI=1S/C42H32Cl6N8O6/c1-19-15-25(49-41(61)37(21(3)57)55-53-23-11-13-28(43)26(17-23)39(59)50-32-9-5-7-30(45)34(32)47)16-20(2)36(19)52-42(62)38(22(4)58)56-54-24-12-14-29(44)27(18-24)40(60)51-33-10-6-8-31(46)35(33)48/h5-18,37-38H,1-4H3,(H,49,61)(H,50,59)(H,51,60)(H,52,62). The third-order valence-corrected chi connectivity index (χ3v) is 11.0. The van der Waals surface area contributed by atoms with Crippen molar-refractivity contribution in [2.75, 3.05) is 21.3 Å². The van der Waals surface area contributed by atoms with Crippen molar-refractivity contribution in [2.24, 2.45) is 20.5 Å². The molecule has 0 radical (unpaired) electrons. The topological polar surface area (TPSA) is 200 Å². The smallest absolute Gasteiger partial charge is 0.258 e. The number of hydrogen-bond donors (Lipinski definition) is 4. The van der Waals surface area contributed by atoms with Crippen LogP contribution in [0.5, 0.6) is 0 Å². The van der Waals surface area contributed by atoms with Gasteiger partial charge in [-0.25, -0.2) is 0 Å². The SMILES string of the molecule is CC(=O)C(N=Nc1ccc(Cl)c(C(=O)Nc2cccc(Cl)c2Cl)c1)C(=O)Nc1cc(C)c(NC(=O)C(N=Nc2ccc(Cl)c(C(=O)Nc3cccc(Cl)c3Cl)c2)C(C)=O)c(C)c1. The minimum atomic E-state index is -1.58. The van der Waals surface area contributed by atoms with Gasteiger partial charge in [-0.2, -0.15) is 20.5 Å². The number of hydrogen-bond acceptors (Lipinski definition) is 10.